The second kappa shape index (κ2) is 5.60. The number of nitrogens with one attached hydrogen (secondary N) is 1. The first-order chi connectivity index (χ1) is 8.51. The first-order valence-corrected chi connectivity index (χ1v) is 7.12. The highest BCUT2D eigenvalue weighted by molar-refractivity contribution is 6.30. The number of hydrogen-bond acceptors (Lipinski definition) is 2. The number of halogens is 1. The fourth-order valence-corrected chi connectivity index (χ4v) is 2.70. The molecule has 0 bridgehead atoms. The summed E-state index contributed by atoms with van der Waals surface area (Å²) >= 11 is 6.06. The van der Waals surface area contributed by atoms with Crippen molar-refractivity contribution < 1.29 is 0 Å². The van der Waals surface area contributed by atoms with Gasteiger partial charge in [-0.1, -0.05) is 30.7 Å². The first kappa shape index (κ1) is 13.9. The van der Waals surface area contributed by atoms with Crippen molar-refractivity contribution in [3.63, 3.8) is 0 Å². The van der Waals surface area contributed by atoms with Crippen molar-refractivity contribution in [3.8, 4) is 0 Å². The van der Waals surface area contributed by atoms with Gasteiger partial charge in [0.05, 0.1) is 0 Å². The Morgan fingerprint density at radius 1 is 1.44 bits per heavy atom. The molecule has 1 aliphatic heterocycles. The van der Waals surface area contributed by atoms with Crippen molar-refractivity contribution in [2.75, 3.05) is 13.1 Å². The molecule has 0 amide bonds. The Balaban J connectivity index is 2.10. The zero-order chi connectivity index (χ0) is 13.2. The van der Waals surface area contributed by atoms with Crippen molar-refractivity contribution >= 4 is 11.6 Å². The predicted octanol–water partition coefficient (Wildman–Crippen LogP) is 3.30. The van der Waals surface area contributed by atoms with E-state index < -0.39 is 0 Å². The molecular weight excluding hydrogens is 244 g/mol. The van der Waals surface area contributed by atoms with Crippen molar-refractivity contribution in [2.45, 2.75) is 45.3 Å². The minimum absolute atomic E-state index is 0.202. The average Bonchev–Trinajstić information content (AvgIpc) is 2.32. The monoisotopic (exact) mass is 266 g/mol. The molecule has 1 heterocycles. The van der Waals surface area contributed by atoms with Crippen LogP contribution in [0.4, 0.5) is 0 Å². The van der Waals surface area contributed by atoms with Crippen LogP contribution in [-0.4, -0.2) is 29.6 Å². The van der Waals surface area contributed by atoms with Gasteiger partial charge in [-0.25, -0.2) is 0 Å². The molecule has 2 rings (SSSR count). The lowest BCUT2D eigenvalue weighted by molar-refractivity contribution is 0.0577. The van der Waals surface area contributed by atoms with Gasteiger partial charge in [0, 0.05) is 36.2 Å². The van der Waals surface area contributed by atoms with E-state index in [1.807, 2.05) is 12.1 Å². The van der Waals surface area contributed by atoms with Gasteiger partial charge < -0.3 is 5.32 Å². The van der Waals surface area contributed by atoms with E-state index in [1.165, 1.54) is 12.0 Å². The molecule has 1 aromatic rings. The van der Waals surface area contributed by atoms with Crippen LogP contribution in [0.2, 0.25) is 5.02 Å². The molecule has 1 unspecified atom stereocenters. The van der Waals surface area contributed by atoms with Gasteiger partial charge in [0.25, 0.3) is 0 Å². The molecule has 1 aromatic carbocycles. The fourth-order valence-electron chi connectivity index (χ4n) is 2.49. The summed E-state index contributed by atoms with van der Waals surface area (Å²) in [5.74, 6) is 0. The lowest BCUT2D eigenvalue weighted by Gasteiger charge is -2.46. The van der Waals surface area contributed by atoms with Crippen LogP contribution in [0.5, 0.6) is 0 Å². The lowest BCUT2D eigenvalue weighted by Crippen LogP contribution is -2.61. The Morgan fingerprint density at radius 3 is 2.89 bits per heavy atom. The fraction of sp³-hybridized carbons (Fsp3) is 0.600. The Hall–Kier alpha value is -0.570. The summed E-state index contributed by atoms with van der Waals surface area (Å²) in [6.07, 6.45) is 1.18. The topological polar surface area (TPSA) is 15.3 Å². The van der Waals surface area contributed by atoms with Crippen LogP contribution in [0.1, 0.15) is 32.8 Å². The van der Waals surface area contributed by atoms with Gasteiger partial charge in [0.1, 0.15) is 0 Å². The van der Waals surface area contributed by atoms with E-state index in [1.54, 1.807) is 0 Å². The number of piperazine rings is 1. The molecule has 1 aliphatic rings. The standard InChI is InChI=1S/C15H23ClN2/c1-4-14-10-18(15(2,3)11-17-14)9-12-6-5-7-13(16)8-12/h5-8,14,17H,4,9-11H2,1-3H3. The molecule has 0 radical (unpaired) electrons. The minimum atomic E-state index is 0.202. The Labute approximate surface area is 115 Å². The van der Waals surface area contributed by atoms with E-state index in [0.717, 1.165) is 24.7 Å². The zero-order valence-corrected chi connectivity index (χ0v) is 12.3. The molecule has 1 N–H and O–H groups in total. The average molecular weight is 267 g/mol. The molecular formula is C15H23ClN2. The largest absolute Gasteiger partial charge is 0.311 e. The normalized spacial score (nSPS) is 24.1. The van der Waals surface area contributed by atoms with Crippen LogP contribution in [0, 0.1) is 0 Å². The lowest BCUT2D eigenvalue weighted by atomic mass is 9.95. The van der Waals surface area contributed by atoms with Crippen LogP contribution in [0.15, 0.2) is 24.3 Å². The van der Waals surface area contributed by atoms with Gasteiger partial charge >= 0.3 is 0 Å². The van der Waals surface area contributed by atoms with Gasteiger partial charge in [-0.3, -0.25) is 4.90 Å². The third-order valence-electron chi connectivity index (χ3n) is 3.88. The van der Waals surface area contributed by atoms with Crippen LogP contribution in [0.25, 0.3) is 0 Å². The predicted molar refractivity (Wildman–Crippen MR) is 78.0 cm³/mol. The highest BCUT2D eigenvalue weighted by Gasteiger charge is 2.32. The summed E-state index contributed by atoms with van der Waals surface area (Å²) < 4.78 is 0. The minimum Gasteiger partial charge on any atom is -0.311 e. The maximum absolute atomic E-state index is 6.06. The molecule has 0 aliphatic carbocycles. The quantitative estimate of drug-likeness (QED) is 0.903. The molecule has 3 heteroatoms. The maximum Gasteiger partial charge on any atom is 0.0409 e. The molecule has 1 atom stereocenters. The van der Waals surface area contributed by atoms with E-state index in [2.05, 4.69) is 43.1 Å². The Kier molecular flexibility index (Phi) is 4.31. The summed E-state index contributed by atoms with van der Waals surface area (Å²) in [4.78, 5) is 2.56. The van der Waals surface area contributed by atoms with Crippen molar-refractivity contribution in [1.82, 2.24) is 10.2 Å². The summed E-state index contributed by atoms with van der Waals surface area (Å²) in [6, 6.07) is 8.80. The van der Waals surface area contributed by atoms with Crippen LogP contribution < -0.4 is 5.32 Å². The third kappa shape index (κ3) is 3.25. The molecule has 0 saturated carbocycles. The summed E-state index contributed by atoms with van der Waals surface area (Å²) in [7, 11) is 0. The van der Waals surface area contributed by atoms with Gasteiger partial charge in [-0.15, -0.1) is 0 Å². The molecule has 1 saturated heterocycles. The van der Waals surface area contributed by atoms with E-state index in [-0.39, 0.29) is 5.54 Å². The number of benzene rings is 1. The van der Waals surface area contributed by atoms with Crippen molar-refractivity contribution in [1.29, 1.82) is 0 Å². The van der Waals surface area contributed by atoms with Crippen molar-refractivity contribution in [3.05, 3.63) is 34.9 Å². The molecule has 2 nitrogen and oxygen atoms in total. The SMILES string of the molecule is CCC1CN(Cc2cccc(Cl)c2)C(C)(C)CN1. The van der Waals surface area contributed by atoms with Gasteiger partial charge in [0.2, 0.25) is 0 Å². The summed E-state index contributed by atoms with van der Waals surface area (Å²) in [6.45, 7) is 9.98. The smallest absolute Gasteiger partial charge is 0.0409 e. The molecule has 18 heavy (non-hydrogen) atoms. The number of nitrogens with zero attached hydrogens (tertiary/aromatic N) is 1. The Morgan fingerprint density at radius 2 is 2.22 bits per heavy atom. The van der Waals surface area contributed by atoms with E-state index in [9.17, 15) is 0 Å². The molecule has 0 spiro atoms. The van der Waals surface area contributed by atoms with E-state index in [0.29, 0.717) is 6.04 Å². The zero-order valence-electron chi connectivity index (χ0n) is 11.5. The van der Waals surface area contributed by atoms with E-state index in [4.69, 9.17) is 11.6 Å². The molecule has 1 fully saturated rings. The first-order valence-electron chi connectivity index (χ1n) is 6.74. The molecule has 0 aromatic heterocycles. The van der Waals surface area contributed by atoms with Gasteiger partial charge in [0.15, 0.2) is 0 Å². The van der Waals surface area contributed by atoms with Crippen LogP contribution >= 0.6 is 11.6 Å². The second-order valence-corrected chi connectivity index (χ2v) is 6.25. The highest BCUT2D eigenvalue weighted by atomic mass is 35.5. The third-order valence-corrected chi connectivity index (χ3v) is 4.11. The molecule has 100 valence electrons. The maximum atomic E-state index is 6.06. The van der Waals surface area contributed by atoms with Crippen LogP contribution in [-0.2, 0) is 6.54 Å². The van der Waals surface area contributed by atoms with E-state index >= 15 is 0 Å². The number of hydrogen-bond donors (Lipinski definition) is 1. The summed E-state index contributed by atoms with van der Waals surface area (Å²) in [5.41, 5.74) is 1.50. The van der Waals surface area contributed by atoms with Crippen LogP contribution in [0.3, 0.4) is 0 Å². The van der Waals surface area contributed by atoms with Gasteiger partial charge in [-0.05, 0) is 38.0 Å². The second-order valence-electron chi connectivity index (χ2n) is 5.81. The number of rotatable bonds is 3. The summed E-state index contributed by atoms with van der Waals surface area (Å²) in [5, 5.41) is 4.44. The van der Waals surface area contributed by atoms with Gasteiger partial charge in [-0.2, -0.15) is 0 Å². The Bertz CT molecular complexity index is 403. The highest BCUT2D eigenvalue weighted by Crippen LogP contribution is 2.23. The van der Waals surface area contributed by atoms with Crippen molar-refractivity contribution in [2.24, 2.45) is 0 Å².